The van der Waals surface area contributed by atoms with Crippen LogP contribution >= 0.6 is 0 Å². The number of aliphatic imine (C=N–C) groups is 1. The van der Waals surface area contributed by atoms with Gasteiger partial charge in [0.15, 0.2) is 0 Å². The third kappa shape index (κ3) is 2.82. The Labute approximate surface area is 118 Å². The summed E-state index contributed by atoms with van der Waals surface area (Å²) in [5.41, 5.74) is 0.691. The number of amidine groups is 1. The summed E-state index contributed by atoms with van der Waals surface area (Å²) in [6.07, 6.45) is 0. The fourth-order valence-corrected chi connectivity index (χ4v) is 2.04. The fraction of sp³-hybridized carbons (Fsp3) is 0.333. The Kier molecular flexibility index (Phi) is 4.40. The summed E-state index contributed by atoms with van der Waals surface area (Å²) < 4.78 is 5.04. The molecular formula is C15H18N2O3. The third-order valence-electron chi connectivity index (χ3n) is 3.05. The van der Waals surface area contributed by atoms with Crippen molar-refractivity contribution in [3.05, 3.63) is 41.5 Å². The number of carbonyl (C=O) groups is 1. The first kappa shape index (κ1) is 14.1. The second-order valence-corrected chi connectivity index (χ2v) is 4.44. The summed E-state index contributed by atoms with van der Waals surface area (Å²) in [5.74, 6) is -0.178. The van der Waals surface area contributed by atoms with Crippen molar-refractivity contribution in [3.63, 3.8) is 0 Å². The van der Waals surface area contributed by atoms with Crippen molar-refractivity contribution in [2.24, 2.45) is 4.99 Å². The van der Waals surface area contributed by atoms with Gasteiger partial charge in [0.05, 0.1) is 13.2 Å². The lowest BCUT2D eigenvalue weighted by molar-refractivity contribution is -0.137. The van der Waals surface area contributed by atoms with Gasteiger partial charge in [-0.05, 0) is 6.92 Å². The molecule has 1 aromatic rings. The van der Waals surface area contributed by atoms with E-state index in [0.717, 1.165) is 6.54 Å². The average Bonchev–Trinajstić information content (AvgIpc) is 2.86. The number of nitrogens with zero attached hydrogens (tertiary/aromatic N) is 2. The maximum absolute atomic E-state index is 12.1. The van der Waals surface area contributed by atoms with E-state index in [9.17, 15) is 9.90 Å². The first-order chi connectivity index (χ1) is 9.65. The number of ether oxygens (including phenoxy) is 1. The van der Waals surface area contributed by atoms with Crippen molar-refractivity contribution in [1.29, 1.82) is 0 Å². The molecule has 0 atom stereocenters. The van der Waals surface area contributed by atoms with E-state index in [1.54, 1.807) is 31.2 Å². The van der Waals surface area contributed by atoms with Gasteiger partial charge in [0.2, 0.25) is 0 Å². The minimum atomic E-state index is -0.554. The molecule has 0 aliphatic carbocycles. The minimum Gasteiger partial charge on any atom is -0.506 e. The van der Waals surface area contributed by atoms with Crippen LogP contribution in [0.25, 0.3) is 5.76 Å². The molecule has 5 nitrogen and oxygen atoms in total. The Morgan fingerprint density at radius 1 is 1.40 bits per heavy atom. The SMILES string of the molecule is CCOC(=O)/C(C1=NCCN1C)=C(/O)c1ccccc1. The van der Waals surface area contributed by atoms with Gasteiger partial charge in [-0.25, -0.2) is 4.79 Å². The molecule has 0 fully saturated rings. The van der Waals surface area contributed by atoms with Crippen LogP contribution in [0.4, 0.5) is 0 Å². The molecule has 106 valence electrons. The second-order valence-electron chi connectivity index (χ2n) is 4.44. The number of hydrogen-bond acceptors (Lipinski definition) is 5. The zero-order valence-electron chi connectivity index (χ0n) is 11.7. The van der Waals surface area contributed by atoms with Crippen molar-refractivity contribution in [2.75, 3.05) is 26.7 Å². The number of likely N-dealkylation sites (N-methyl/N-ethyl adjacent to an activating group) is 1. The highest BCUT2D eigenvalue weighted by molar-refractivity contribution is 6.23. The predicted octanol–water partition coefficient (Wildman–Crippen LogP) is 1.86. The molecule has 2 rings (SSSR count). The first-order valence-electron chi connectivity index (χ1n) is 6.57. The second kappa shape index (κ2) is 6.23. The van der Waals surface area contributed by atoms with Gasteiger partial charge in [-0.3, -0.25) is 4.99 Å². The number of esters is 1. The molecule has 1 aromatic carbocycles. The molecule has 0 radical (unpaired) electrons. The lowest BCUT2D eigenvalue weighted by Crippen LogP contribution is -2.29. The van der Waals surface area contributed by atoms with E-state index in [0.29, 0.717) is 17.9 Å². The summed E-state index contributed by atoms with van der Waals surface area (Å²) in [5, 5.41) is 10.4. The average molecular weight is 274 g/mol. The van der Waals surface area contributed by atoms with Gasteiger partial charge in [0.1, 0.15) is 17.2 Å². The van der Waals surface area contributed by atoms with E-state index in [4.69, 9.17) is 4.74 Å². The summed E-state index contributed by atoms with van der Waals surface area (Å²) in [4.78, 5) is 18.3. The molecule has 0 saturated heterocycles. The lowest BCUT2D eigenvalue weighted by atomic mass is 10.1. The van der Waals surface area contributed by atoms with E-state index in [1.807, 2.05) is 18.0 Å². The summed E-state index contributed by atoms with van der Waals surface area (Å²) >= 11 is 0. The molecule has 0 saturated carbocycles. The van der Waals surface area contributed by atoms with Crippen LogP contribution in [-0.4, -0.2) is 48.6 Å². The van der Waals surface area contributed by atoms with E-state index in [1.165, 1.54) is 0 Å². The van der Waals surface area contributed by atoms with E-state index >= 15 is 0 Å². The summed E-state index contributed by atoms with van der Waals surface area (Å²) in [7, 11) is 1.84. The third-order valence-corrected chi connectivity index (χ3v) is 3.05. The molecule has 20 heavy (non-hydrogen) atoms. The molecule has 1 N–H and O–H groups in total. The normalized spacial score (nSPS) is 15.7. The highest BCUT2D eigenvalue weighted by Crippen LogP contribution is 2.21. The smallest absolute Gasteiger partial charge is 0.345 e. The van der Waals surface area contributed by atoms with Crippen LogP contribution in [0.5, 0.6) is 0 Å². The van der Waals surface area contributed by atoms with Crippen LogP contribution in [0, 0.1) is 0 Å². The zero-order valence-corrected chi connectivity index (χ0v) is 11.7. The standard InChI is InChI=1S/C15H18N2O3/c1-3-20-15(19)12(14-16-9-10-17(14)2)13(18)11-7-5-4-6-8-11/h4-8,18H,3,9-10H2,1-2H3/b13-12+. The number of carbonyl (C=O) groups excluding carboxylic acids is 1. The first-order valence-corrected chi connectivity index (χ1v) is 6.57. The van der Waals surface area contributed by atoms with Gasteiger partial charge in [-0.1, -0.05) is 30.3 Å². The fourth-order valence-electron chi connectivity index (χ4n) is 2.04. The van der Waals surface area contributed by atoms with Gasteiger partial charge >= 0.3 is 5.97 Å². The van der Waals surface area contributed by atoms with Gasteiger partial charge in [-0.15, -0.1) is 0 Å². The molecule has 5 heteroatoms. The maximum Gasteiger partial charge on any atom is 0.345 e. The number of benzene rings is 1. The molecule has 0 spiro atoms. The van der Waals surface area contributed by atoms with Crippen LogP contribution in [0.1, 0.15) is 12.5 Å². The number of hydrogen-bond donors (Lipinski definition) is 1. The highest BCUT2D eigenvalue weighted by Gasteiger charge is 2.28. The Balaban J connectivity index is 2.48. The van der Waals surface area contributed by atoms with Gasteiger partial charge in [-0.2, -0.15) is 0 Å². The minimum absolute atomic E-state index is 0.100. The largest absolute Gasteiger partial charge is 0.506 e. The predicted molar refractivity (Wildman–Crippen MR) is 77.6 cm³/mol. The Hall–Kier alpha value is -2.30. The van der Waals surface area contributed by atoms with Crippen LogP contribution in [0.2, 0.25) is 0 Å². The highest BCUT2D eigenvalue weighted by atomic mass is 16.5. The Morgan fingerprint density at radius 2 is 2.10 bits per heavy atom. The van der Waals surface area contributed by atoms with Crippen LogP contribution in [0.3, 0.4) is 0 Å². The molecule has 0 unspecified atom stereocenters. The Bertz CT molecular complexity index is 549. The van der Waals surface area contributed by atoms with E-state index < -0.39 is 5.97 Å². The lowest BCUT2D eigenvalue weighted by Gasteiger charge is -2.17. The van der Waals surface area contributed by atoms with E-state index in [2.05, 4.69) is 4.99 Å². The summed E-state index contributed by atoms with van der Waals surface area (Å²) in [6, 6.07) is 8.93. The molecule has 0 bridgehead atoms. The van der Waals surface area contributed by atoms with Gasteiger partial charge in [0, 0.05) is 19.2 Å². The van der Waals surface area contributed by atoms with E-state index in [-0.39, 0.29) is 17.9 Å². The zero-order chi connectivity index (χ0) is 14.5. The summed E-state index contributed by atoms with van der Waals surface area (Å²) in [6.45, 7) is 3.31. The molecule has 1 aliphatic rings. The van der Waals surface area contributed by atoms with Crippen molar-refractivity contribution in [1.82, 2.24) is 4.90 Å². The molecule has 0 aromatic heterocycles. The van der Waals surface area contributed by atoms with Crippen molar-refractivity contribution >= 4 is 17.6 Å². The number of aliphatic hydroxyl groups excluding tert-OH is 1. The molecular weight excluding hydrogens is 256 g/mol. The van der Waals surface area contributed by atoms with Crippen LogP contribution < -0.4 is 0 Å². The number of rotatable bonds is 4. The molecule has 1 heterocycles. The maximum atomic E-state index is 12.1. The topological polar surface area (TPSA) is 62.1 Å². The molecule has 1 aliphatic heterocycles. The Morgan fingerprint density at radius 3 is 2.65 bits per heavy atom. The quantitative estimate of drug-likeness (QED) is 0.517. The monoisotopic (exact) mass is 274 g/mol. The van der Waals surface area contributed by atoms with Crippen molar-refractivity contribution in [3.8, 4) is 0 Å². The van der Waals surface area contributed by atoms with Crippen molar-refractivity contribution < 1.29 is 14.6 Å². The van der Waals surface area contributed by atoms with Gasteiger partial charge < -0.3 is 14.7 Å². The van der Waals surface area contributed by atoms with Gasteiger partial charge in [0.25, 0.3) is 0 Å². The van der Waals surface area contributed by atoms with Crippen molar-refractivity contribution in [2.45, 2.75) is 6.92 Å². The molecule has 0 amide bonds. The van der Waals surface area contributed by atoms with Crippen LogP contribution in [0.15, 0.2) is 40.9 Å². The van der Waals surface area contributed by atoms with Crippen LogP contribution in [-0.2, 0) is 9.53 Å². The number of aliphatic hydroxyl groups is 1.